The summed E-state index contributed by atoms with van der Waals surface area (Å²) in [7, 11) is 0. The number of rotatable bonds is 5. The lowest BCUT2D eigenvalue weighted by Crippen LogP contribution is -2.21. The molecule has 0 radical (unpaired) electrons. The smallest absolute Gasteiger partial charge is 0.338 e. The molecule has 0 unspecified atom stereocenters. The Morgan fingerprint density at radius 1 is 1.62 bits per heavy atom. The third-order valence-corrected chi connectivity index (χ3v) is 4.38. The van der Waals surface area contributed by atoms with E-state index in [9.17, 15) is 18.6 Å². The molecule has 0 amide bonds. The third-order valence-electron chi connectivity index (χ3n) is 3.18. The zero-order valence-corrected chi connectivity index (χ0v) is 13.5. The Balaban J connectivity index is 2.92. The maximum absolute atomic E-state index is 13.2. The molecule has 2 heterocycles. The quantitative estimate of drug-likeness (QED) is 0.813. The summed E-state index contributed by atoms with van der Waals surface area (Å²) in [5.41, 5.74) is -0.300. The van der Waals surface area contributed by atoms with Crippen LogP contribution in [0.3, 0.4) is 0 Å². The van der Waals surface area contributed by atoms with E-state index in [1.807, 2.05) is 0 Å². The van der Waals surface area contributed by atoms with Crippen molar-refractivity contribution >= 4 is 45.1 Å². The molecule has 0 aliphatic heterocycles. The van der Waals surface area contributed by atoms with E-state index >= 15 is 0 Å². The maximum Gasteiger partial charge on any atom is 0.338 e. The highest BCUT2D eigenvalue weighted by molar-refractivity contribution is 9.10. The molecular weight excluding hydrogens is 363 g/mol. The van der Waals surface area contributed by atoms with Crippen LogP contribution in [0.4, 0.5) is 3.89 Å². The van der Waals surface area contributed by atoms with Crippen LogP contribution in [0.2, 0.25) is 0 Å². The standard InChI is InChI=1S/C13H12BrFN2O3S/c1-3-4-5-16-6-8(14)10-9(13(19)20)7(2)17(21-15)11(10)12(16)18/h3,6H,1,4-5H2,2H3,(H,19,20). The molecule has 2 rings (SSSR count). The number of carboxylic acids is 1. The monoisotopic (exact) mass is 374 g/mol. The minimum Gasteiger partial charge on any atom is -0.478 e. The molecule has 0 atom stereocenters. The number of hydrogen-bond acceptors (Lipinski definition) is 3. The molecule has 2 aromatic heterocycles. The minimum atomic E-state index is -1.20. The molecule has 8 heteroatoms. The Hall–Kier alpha value is -1.54. The van der Waals surface area contributed by atoms with Crippen LogP contribution in [0.15, 0.2) is 28.1 Å². The van der Waals surface area contributed by atoms with Gasteiger partial charge in [0.2, 0.25) is 0 Å². The van der Waals surface area contributed by atoms with Crippen molar-refractivity contribution in [1.29, 1.82) is 0 Å². The Bertz CT molecular complexity index is 797. The van der Waals surface area contributed by atoms with Crippen molar-refractivity contribution < 1.29 is 13.8 Å². The Morgan fingerprint density at radius 3 is 2.81 bits per heavy atom. The number of pyridine rings is 1. The molecule has 0 saturated carbocycles. The molecular formula is C13H12BrFN2O3S. The molecule has 0 aromatic carbocycles. The normalized spacial score (nSPS) is 11.0. The zero-order valence-electron chi connectivity index (χ0n) is 11.1. The highest BCUT2D eigenvalue weighted by atomic mass is 79.9. The Morgan fingerprint density at radius 2 is 2.29 bits per heavy atom. The summed E-state index contributed by atoms with van der Waals surface area (Å²) in [6.45, 7) is 5.45. The first-order chi connectivity index (χ1) is 9.93. The number of allylic oxidation sites excluding steroid dienone is 1. The zero-order chi connectivity index (χ0) is 15.7. The second kappa shape index (κ2) is 6.07. The van der Waals surface area contributed by atoms with Crippen LogP contribution in [0, 0.1) is 6.92 Å². The van der Waals surface area contributed by atoms with Crippen molar-refractivity contribution in [3.8, 4) is 0 Å². The van der Waals surface area contributed by atoms with E-state index in [2.05, 4.69) is 22.5 Å². The first-order valence-corrected chi connectivity index (χ1v) is 7.47. The first-order valence-electron chi connectivity index (χ1n) is 6.01. The van der Waals surface area contributed by atoms with Crippen molar-refractivity contribution in [3.63, 3.8) is 0 Å². The van der Waals surface area contributed by atoms with Gasteiger partial charge in [-0.2, -0.15) is 0 Å². The largest absolute Gasteiger partial charge is 0.478 e. The van der Waals surface area contributed by atoms with Crippen LogP contribution in [-0.4, -0.2) is 19.6 Å². The predicted octanol–water partition coefficient (Wildman–Crippen LogP) is 3.53. The molecule has 0 aliphatic rings. The van der Waals surface area contributed by atoms with Crippen molar-refractivity contribution in [3.05, 3.63) is 44.9 Å². The van der Waals surface area contributed by atoms with Gasteiger partial charge in [-0.25, -0.2) is 4.79 Å². The fraction of sp³-hybridized carbons (Fsp3) is 0.231. The SMILES string of the molecule is C=CCCn1cc(Br)c2c(C(=O)O)c(C)n(SF)c2c1=O. The molecule has 0 bridgehead atoms. The summed E-state index contributed by atoms with van der Waals surface area (Å²) in [6, 6.07) is 0. The number of carbonyl (C=O) groups is 1. The van der Waals surface area contributed by atoms with Gasteiger partial charge in [0, 0.05) is 28.3 Å². The van der Waals surface area contributed by atoms with Crippen LogP contribution in [0.1, 0.15) is 22.5 Å². The third kappa shape index (κ3) is 2.53. The van der Waals surface area contributed by atoms with Gasteiger partial charge in [0.25, 0.3) is 5.56 Å². The molecule has 5 nitrogen and oxygen atoms in total. The molecule has 0 saturated heterocycles. The van der Waals surface area contributed by atoms with Gasteiger partial charge in [-0.1, -0.05) is 6.08 Å². The van der Waals surface area contributed by atoms with Crippen molar-refractivity contribution in [2.75, 3.05) is 0 Å². The van der Waals surface area contributed by atoms with E-state index in [-0.39, 0.29) is 34.5 Å². The lowest BCUT2D eigenvalue weighted by Gasteiger charge is -2.07. The topological polar surface area (TPSA) is 64.2 Å². The van der Waals surface area contributed by atoms with Gasteiger partial charge >= 0.3 is 5.97 Å². The fourth-order valence-corrected chi connectivity index (χ4v) is 3.30. The molecule has 0 spiro atoms. The molecule has 1 N–H and O–H groups in total. The molecule has 21 heavy (non-hydrogen) atoms. The molecule has 0 fully saturated rings. The lowest BCUT2D eigenvalue weighted by atomic mass is 10.1. The van der Waals surface area contributed by atoms with E-state index in [4.69, 9.17) is 0 Å². The van der Waals surface area contributed by atoms with Crippen LogP contribution in [0.5, 0.6) is 0 Å². The predicted molar refractivity (Wildman–Crippen MR) is 84.5 cm³/mol. The number of aromatic carboxylic acids is 1. The van der Waals surface area contributed by atoms with Crippen LogP contribution < -0.4 is 5.56 Å². The Labute approximate surface area is 132 Å². The fourth-order valence-electron chi connectivity index (χ4n) is 2.24. The number of nitrogens with zero attached hydrogens (tertiary/aromatic N) is 2. The van der Waals surface area contributed by atoms with E-state index < -0.39 is 11.5 Å². The second-order valence-electron chi connectivity index (χ2n) is 4.41. The average molecular weight is 375 g/mol. The number of hydrogen-bond donors (Lipinski definition) is 1. The van der Waals surface area contributed by atoms with E-state index in [1.165, 1.54) is 17.7 Å². The highest BCUT2D eigenvalue weighted by Gasteiger charge is 2.25. The first kappa shape index (κ1) is 15.8. The van der Waals surface area contributed by atoms with E-state index in [0.29, 0.717) is 17.4 Å². The Kier molecular flexibility index (Phi) is 4.58. The number of halogens is 2. The number of carboxylic acid groups (broad SMARTS) is 1. The average Bonchev–Trinajstić information content (AvgIpc) is 2.74. The van der Waals surface area contributed by atoms with E-state index in [0.717, 1.165) is 3.97 Å². The molecule has 112 valence electrons. The molecule has 0 aliphatic carbocycles. The minimum absolute atomic E-state index is 0.0239. The summed E-state index contributed by atoms with van der Waals surface area (Å²) >= 11 is 3.09. The summed E-state index contributed by atoms with van der Waals surface area (Å²) in [6.07, 6.45) is 3.76. The highest BCUT2D eigenvalue weighted by Crippen LogP contribution is 2.33. The van der Waals surface area contributed by atoms with Crippen LogP contribution in [0.25, 0.3) is 10.9 Å². The lowest BCUT2D eigenvalue weighted by molar-refractivity contribution is 0.0698. The summed E-state index contributed by atoms with van der Waals surface area (Å²) < 4.78 is 16.1. The summed E-state index contributed by atoms with van der Waals surface area (Å²) in [5, 5.41) is 9.52. The van der Waals surface area contributed by atoms with Crippen LogP contribution >= 0.6 is 28.3 Å². The molecule has 2 aromatic rings. The second-order valence-corrected chi connectivity index (χ2v) is 5.76. The number of aryl methyl sites for hydroxylation is 1. The van der Waals surface area contributed by atoms with Gasteiger partial charge in [-0.15, -0.1) is 10.5 Å². The maximum atomic E-state index is 13.2. The number of aromatic nitrogens is 2. The van der Waals surface area contributed by atoms with Crippen molar-refractivity contribution in [2.45, 2.75) is 19.9 Å². The summed E-state index contributed by atoms with van der Waals surface area (Å²) in [4.78, 5) is 23.9. The van der Waals surface area contributed by atoms with Gasteiger partial charge < -0.3 is 9.67 Å². The summed E-state index contributed by atoms with van der Waals surface area (Å²) in [5.74, 6) is -1.20. The van der Waals surface area contributed by atoms with Crippen molar-refractivity contribution in [2.24, 2.45) is 0 Å². The van der Waals surface area contributed by atoms with Crippen LogP contribution in [-0.2, 0) is 6.54 Å². The van der Waals surface area contributed by atoms with Gasteiger partial charge in [-0.05, 0) is 29.3 Å². The van der Waals surface area contributed by atoms with Crippen molar-refractivity contribution in [1.82, 2.24) is 8.54 Å². The van der Waals surface area contributed by atoms with Gasteiger partial charge in [0.05, 0.1) is 5.56 Å². The van der Waals surface area contributed by atoms with Gasteiger partial charge in [0.15, 0.2) is 12.3 Å². The van der Waals surface area contributed by atoms with Gasteiger partial charge in [-0.3, -0.25) is 8.77 Å². The van der Waals surface area contributed by atoms with Gasteiger partial charge in [0.1, 0.15) is 5.52 Å². The van der Waals surface area contributed by atoms with E-state index in [1.54, 1.807) is 6.08 Å². The number of fused-ring (bicyclic) bond motifs is 1.